The Balaban J connectivity index is 2.41. The molecule has 0 N–H and O–H groups in total. The van der Waals surface area contributed by atoms with Gasteiger partial charge in [-0.25, -0.2) is 9.13 Å². The second-order valence-electron chi connectivity index (χ2n) is 3.62. The van der Waals surface area contributed by atoms with Crippen LogP contribution in [0.15, 0.2) is 18.7 Å². The van der Waals surface area contributed by atoms with E-state index in [4.69, 9.17) is 0 Å². The van der Waals surface area contributed by atoms with Crippen molar-refractivity contribution in [3.63, 3.8) is 0 Å². The standard InChI is InChI=1S/C9H12F5N2/c1-15-5-6-16(7-15)4-2-3-8(10,11)9(12,13)14/h5-7H,2-4H2,1H3/q+1. The summed E-state index contributed by atoms with van der Waals surface area (Å²) in [6.07, 6.45) is -1.94. The molecule has 0 saturated carbocycles. The zero-order valence-corrected chi connectivity index (χ0v) is 8.64. The van der Waals surface area contributed by atoms with Gasteiger partial charge in [0.1, 0.15) is 12.4 Å². The minimum Gasteiger partial charge on any atom is -0.240 e. The third kappa shape index (κ3) is 3.18. The Kier molecular flexibility index (Phi) is 3.54. The van der Waals surface area contributed by atoms with Crippen molar-refractivity contribution in [3.8, 4) is 0 Å². The lowest BCUT2D eigenvalue weighted by Gasteiger charge is -2.18. The topological polar surface area (TPSA) is 8.81 Å². The molecular formula is C9H12F5N2+. The van der Waals surface area contributed by atoms with E-state index in [9.17, 15) is 22.0 Å². The molecule has 0 fully saturated rings. The van der Waals surface area contributed by atoms with E-state index < -0.39 is 18.5 Å². The molecule has 7 heteroatoms. The summed E-state index contributed by atoms with van der Waals surface area (Å²) in [4.78, 5) is 0. The van der Waals surface area contributed by atoms with Crippen molar-refractivity contribution in [2.75, 3.05) is 0 Å². The molecule has 0 aliphatic heterocycles. The van der Waals surface area contributed by atoms with Gasteiger partial charge in [-0.2, -0.15) is 22.0 Å². The second kappa shape index (κ2) is 4.39. The molecule has 0 spiro atoms. The molecule has 2 nitrogen and oxygen atoms in total. The third-order valence-corrected chi connectivity index (χ3v) is 2.15. The van der Waals surface area contributed by atoms with Gasteiger partial charge in [0.25, 0.3) is 0 Å². The molecule has 0 aromatic carbocycles. The number of hydrogen-bond donors (Lipinski definition) is 0. The number of aryl methyl sites for hydroxylation is 2. The van der Waals surface area contributed by atoms with Crippen LogP contribution >= 0.6 is 0 Å². The molecule has 0 aliphatic carbocycles. The summed E-state index contributed by atoms with van der Waals surface area (Å²) in [6.45, 7) is 0.145. The van der Waals surface area contributed by atoms with E-state index in [0.29, 0.717) is 0 Å². The number of nitrogens with zero attached hydrogens (tertiary/aromatic N) is 2. The van der Waals surface area contributed by atoms with Crippen molar-refractivity contribution < 1.29 is 26.5 Å². The predicted octanol–water partition coefficient (Wildman–Crippen LogP) is 2.29. The largest absolute Gasteiger partial charge is 0.453 e. The van der Waals surface area contributed by atoms with Crippen molar-refractivity contribution in [2.24, 2.45) is 7.05 Å². The average Bonchev–Trinajstić information content (AvgIpc) is 2.49. The lowest BCUT2D eigenvalue weighted by molar-refractivity contribution is -0.671. The summed E-state index contributed by atoms with van der Waals surface area (Å²) in [5.41, 5.74) is 0. The van der Waals surface area contributed by atoms with Crippen LogP contribution in [-0.2, 0) is 13.6 Å². The van der Waals surface area contributed by atoms with Crippen molar-refractivity contribution >= 4 is 0 Å². The van der Waals surface area contributed by atoms with E-state index in [1.54, 1.807) is 34.9 Å². The molecule has 0 bridgehead atoms. The molecule has 16 heavy (non-hydrogen) atoms. The van der Waals surface area contributed by atoms with Gasteiger partial charge in [0, 0.05) is 6.42 Å². The molecule has 1 aromatic rings. The van der Waals surface area contributed by atoms with E-state index >= 15 is 0 Å². The van der Waals surface area contributed by atoms with Crippen molar-refractivity contribution in [3.05, 3.63) is 18.7 Å². The van der Waals surface area contributed by atoms with Crippen molar-refractivity contribution in [1.29, 1.82) is 0 Å². The maximum Gasteiger partial charge on any atom is 0.453 e. The molecule has 1 rings (SSSR count). The summed E-state index contributed by atoms with van der Waals surface area (Å²) >= 11 is 0. The fraction of sp³-hybridized carbons (Fsp3) is 0.667. The zero-order chi connectivity index (χ0) is 12.4. The fourth-order valence-corrected chi connectivity index (χ4v) is 1.26. The Morgan fingerprint density at radius 2 is 1.81 bits per heavy atom. The predicted molar refractivity (Wildman–Crippen MR) is 45.8 cm³/mol. The van der Waals surface area contributed by atoms with Gasteiger partial charge in [0.2, 0.25) is 6.33 Å². The lowest BCUT2D eigenvalue weighted by Crippen LogP contribution is -2.36. The van der Waals surface area contributed by atoms with Crippen molar-refractivity contribution in [2.45, 2.75) is 31.5 Å². The summed E-state index contributed by atoms with van der Waals surface area (Å²) < 4.78 is 63.6. The summed E-state index contributed by atoms with van der Waals surface area (Å²) in [7, 11) is 1.74. The van der Waals surface area contributed by atoms with Gasteiger partial charge in [-0.1, -0.05) is 0 Å². The highest BCUT2D eigenvalue weighted by molar-refractivity contribution is 4.76. The molecular weight excluding hydrogens is 231 g/mol. The first-order chi connectivity index (χ1) is 7.22. The molecule has 0 aliphatic rings. The third-order valence-electron chi connectivity index (χ3n) is 2.15. The van der Waals surface area contributed by atoms with Crippen LogP contribution in [0.2, 0.25) is 0 Å². The second-order valence-corrected chi connectivity index (χ2v) is 3.62. The Hall–Kier alpha value is -1.14. The number of aromatic nitrogens is 2. The van der Waals surface area contributed by atoms with Crippen LogP contribution in [-0.4, -0.2) is 16.7 Å². The first-order valence-corrected chi connectivity index (χ1v) is 4.68. The van der Waals surface area contributed by atoms with Gasteiger partial charge in [-0.15, -0.1) is 0 Å². The normalized spacial score (nSPS) is 13.1. The summed E-state index contributed by atoms with van der Waals surface area (Å²) in [5.74, 6) is -4.59. The zero-order valence-electron chi connectivity index (χ0n) is 8.64. The summed E-state index contributed by atoms with van der Waals surface area (Å²) in [6, 6.07) is 0. The van der Waals surface area contributed by atoms with Crippen LogP contribution in [0.25, 0.3) is 0 Å². The Bertz CT molecular complexity index is 342. The molecule has 0 amide bonds. The molecule has 1 aromatic heterocycles. The van der Waals surface area contributed by atoms with Crippen LogP contribution in [0.5, 0.6) is 0 Å². The van der Waals surface area contributed by atoms with Gasteiger partial charge in [-0.05, 0) is 6.42 Å². The first kappa shape index (κ1) is 12.9. The van der Waals surface area contributed by atoms with Gasteiger partial charge in [0.05, 0.1) is 13.6 Å². The van der Waals surface area contributed by atoms with E-state index in [-0.39, 0.29) is 13.0 Å². The number of imidazole rings is 1. The smallest absolute Gasteiger partial charge is 0.240 e. The van der Waals surface area contributed by atoms with Crippen LogP contribution in [0.1, 0.15) is 12.8 Å². The molecule has 0 saturated heterocycles. The van der Waals surface area contributed by atoms with E-state index in [0.717, 1.165) is 0 Å². The minimum absolute atomic E-state index is 0.145. The van der Waals surface area contributed by atoms with E-state index in [1.165, 1.54) is 0 Å². The highest BCUT2D eigenvalue weighted by Crippen LogP contribution is 2.38. The Morgan fingerprint density at radius 3 is 2.25 bits per heavy atom. The maximum atomic E-state index is 12.5. The molecule has 1 heterocycles. The SMILES string of the molecule is C[n+]1ccn(CCCC(F)(F)C(F)(F)F)c1. The van der Waals surface area contributed by atoms with E-state index in [2.05, 4.69) is 0 Å². The lowest BCUT2D eigenvalue weighted by atomic mass is 10.2. The van der Waals surface area contributed by atoms with Crippen molar-refractivity contribution in [1.82, 2.24) is 4.57 Å². The summed E-state index contributed by atoms with van der Waals surface area (Å²) in [5, 5.41) is 0. The monoisotopic (exact) mass is 243 g/mol. The van der Waals surface area contributed by atoms with E-state index in [1.807, 2.05) is 0 Å². The Morgan fingerprint density at radius 1 is 1.19 bits per heavy atom. The van der Waals surface area contributed by atoms with Gasteiger partial charge in [-0.3, -0.25) is 0 Å². The number of halogens is 5. The quantitative estimate of drug-likeness (QED) is 0.566. The van der Waals surface area contributed by atoms with Gasteiger partial charge < -0.3 is 0 Å². The van der Waals surface area contributed by atoms with Crippen LogP contribution in [0.4, 0.5) is 22.0 Å². The minimum atomic E-state index is -5.45. The number of rotatable bonds is 4. The highest BCUT2D eigenvalue weighted by Gasteiger charge is 2.56. The molecule has 0 radical (unpaired) electrons. The van der Waals surface area contributed by atoms with Crippen LogP contribution in [0.3, 0.4) is 0 Å². The molecule has 0 atom stereocenters. The first-order valence-electron chi connectivity index (χ1n) is 4.68. The van der Waals surface area contributed by atoms with Gasteiger partial charge in [0.15, 0.2) is 0 Å². The maximum absolute atomic E-state index is 12.5. The highest BCUT2D eigenvalue weighted by atomic mass is 19.4. The molecule has 0 unspecified atom stereocenters. The number of alkyl halides is 5. The molecule has 92 valence electrons. The van der Waals surface area contributed by atoms with Gasteiger partial charge >= 0.3 is 12.1 Å². The number of hydrogen-bond acceptors (Lipinski definition) is 0. The Labute approximate surface area is 89.3 Å². The van der Waals surface area contributed by atoms with Crippen LogP contribution < -0.4 is 4.57 Å². The average molecular weight is 243 g/mol. The van der Waals surface area contributed by atoms with Crippen LogP contribution in [0, 0.1) is 0 Å². The fourth-order valence-electron chi connectivity index (χ4n) is 1.26.